The first kappa shape index (κ1) is 114. The fourth-order valence-electron chi connectivity index (χ4n) is 16.6. The van der Waals surface area contributed by atoms with Gasteiger partial charge in [0, 0.05) is 98.1 Å². The molecule has 0 heterocycles. The summed E-state index contributed by atoms with van der Waals surface area (Å²) >= 11 is 0. The van der Waals surface area contributed by atoms with E-state index in [1.807, 2.05) is 0 Å². The monoisotopic (exact) mass is 1630 g/mol. The van der Waals surface area contributed by atoms with Crippen LogP contribution in [0.2, 0.25) is 0 Å². The first-order valence-corrected chi connectivity index (χ1v) is 44.7. The van der Waals surface area contributed by atoms with Crippen molar-refractivity contribution in [3.63, 3.8) is 0 Å². The molecule has 100 heavy (non-hydrogen) atoms. The Morgan fingerprint density at radius 2 is 0.320 bits per heavy atom. The van der Waals surface area contributed by atoms with Gasteiger partial charge in [-0.1, -0.05) is 436 Å². The Morgan fingerprint density at radius 3 is 0.430 bits per heavy atom. The maximum Gasteiger partial charge on any atom is 0 e. The predicted molar refractivity (Wildman–Crippen MR) is 451 cm³/mol. The molecule has 13 aliphatic carbocycles. The molecular formula is C97H194Y3-6. The zero-order chi connectivity index (χ0) is 74.1. The Balaban J connectivity index is -0.000000238. The summed E-state index contributed by atoms with van der Waals surface area (Å²) in [4.78, 5) is 0. The summed E-state index contributed by atoms with van der Waals surface area (Å²) in [5.74, 6) is 21.8. The van der Waals surface area contributed by atoms with E-state index in [2.05, 4.69) is 207 Å². The Kier molecular flexibility index (Phi) is 87.1. The van der Waals surface area contributed by atoms with Crippen LogP contribution in [0.1, 0.15) is 449 Å². The first-order valence-electron chi connectivity index (χ1n) is 44.7. The maximum absolute atomic E-state index is 4.02. The molecule has 9 atom stereocenters. The molecule has 13 aliphatic rings. The molecule has 13 saturated carbocycles. The van der Waals surface area contributed by atoms with Crippen LogP contribution in [-0.4, -0.2) is 0 Å². The van der Waals surface area contributed by atoms with Crippen molar-refractivity contribution >= 4 is 0 Å². The summed E-state index contributed by atoms with van der Waals surface area (Å²) in [6.07, 6.45) is 68.0. The van der Waals surface area contributed by atoms with E-state index in [1.54, 1.807) is 128 Å². The molecule has 0 N–H and O–H groups in total. The van der Waals surface area contributed by atoms with Crippen LogP contribution in [0, 0.1) is 177 Å². The Hall–Kier alpha value is 3.31. The Labute approximate surface area is 716 Å². The molecule has 0 amide bonds. The fraction of sp³-hybridized carbons (Fsp3) is 0.938. The molecule has 0 saturated heterocycles. The number of hydrogen-bond acceptors (Lipinski definition) is 0. The molecule has 0 spiro atoms. The largest absolute Gasteiger partial charge is 0.345 e. The van der Waals surface area contributed by atoms with Crippen molar-refractivity contribution in [3.05, 3.63) is 41.0 Å². The van der Waals surface area contributed by atoms with Gasteiger partial charge < -0.3 is 41.0 Å². The van der Waals surface area contributed by atoms with E-state index in [1.165, 1.54) is 207 Å². The van der Waals surface area contributed by atoms with Crippen LogP contribution < -0.4 is 0 Å². The van der Waals surface area contributed by atoms with Crippen molar-refractivity contribution in [1.29, 1.82) is 0 Å². The minimum Gasteiger partial charge on any atom is -0.345 e. The molecule has 597 valence electrons. The van der Waals surface area contributed by atoms with Gasteiger partial charge in [0.15, 0.2) is 0 Å². The molecule has 0 aromatic rings. The van der Waals surface area contributed by atoms with Gasteiger partial charge in [-0.05, 0) is 107 Å². The van der Waals surface area contributed by atoms with Gasteiger partial charge in [0.05, 0.1) is 0 Å². The van der Waals surface area contributed by atoms with Gasteiger partial charge in [-0.15, -0.1) is 0 Å². The number of fused-ring (bicyclic) bond motifs is 5. The summed E-state index contributed by atoms with van der Waals surface area (Å²) in [5.41, 5.74) is 0. The number of rotatable bonds is 1. The van der Waals surface area contributed by atoms with Crippen molar-refractivity contribution in [2.75, 3.05) is 0 Å². The van der Waals surface area contributed by atoms with Crippen LogP contribution >= 0.6 is 0 Å². The van der Waals surface area contributed by atoms with E-state index in [4.69, 9.17) is 0 Å². The molecule has 0 aromatic carbocycles. The van der Waals surface area contributed by atoms with Crippen LogP contribution in [-0.2, 0) is 98.1 Å². The van der Waals surface area contributed by atoms with Crippen molar-refractivity contribution in [1.82, 2.24) is 0 Å². The molecule has 9 unspecified atom stereocenters. The maximum atomic E-state index is 4.02. The fourth-order valence-corrected chi connectivity index (χ4v) is 16.6. The van der Waals surface area contributed by atoms with Gasteiger partial charge in [-0.2, -0.15) is 36.0 Å². The Bertz CT molecular complexity index is 1270. The van der Waals surface area contributed by atoms with Crippen molar-refractivity contribution < 1.29 is 98.1 Å². The minimum absolute atomic E-state index is 0. The van der Waals surface area contributed by atoms with E-state index in [0.29, 0.717) is 23.7 Å². The first-order chi connectivity index (χ1) is 45.7. The molecule has 3 heteroatoms. The molecule has 13 rings (SSSR count). The molecule has 13 fully saturated rings. The minimum atomic E-state index is 0. The average molecular weight is 1630 g/mol. The van der Waals surface area contributed by atoms with Crippen molar-refractivity contribution in [2.45, 2.75) is 449 Å². The SMILES string of the molecule is C1CC2CCCC2C1.C1CC2CCCC2C1.C1CC2CCCC2C1.C1CCC2CCCC2C1.C1CCC2CCCC2C1.CC(C)C.CC(C)C.CC(C)C.CC(C)C.CC(C)C.CC(C)C.CC(C)C.CC(C)C.[CH2-]C1CCCC1[CH2-].[CH2-]C1CCCCC1[CH2-].[CH2-]CC1[CH-]CCCC1.[Y].[Y].[Y]. The van der Waals surface area contributed by atoms with Crippen LogP contribution in [0.5, 0.6) is 0 Å². The van der Waals surface area contributed by atoms with E-state index in [9.17, 15) is 0 Å². The molecule has 3 radical (unpaired) electrons. The zero-order valence-corrected chi connectivity index (χ0v) is 82.8. The normalized spacial score (nSPS) is 29.9. The van der Waals surface area contributed by atoms with Gasteiger partial charge in [0.25, 0.3) is 0 Å². The summed E-state index contributed by atoms with van der Waals surface area (Å²) in [6, 6.07) is 0. The molecule has 0 aromatic heterocycles. The summed E-state index contributed by atoms with van der Waals surface area (Å²) in [7, 11) is 0. The van der Waals surface area contributed by atoms with Crippen LogP contribution in [0.3, 0.4) is 0 Å². The van der Waals surface area contributed by atoms with Crippen LogP contribution in [0.4, 0.5) is 0 Å². The topological polar surface area (TPSA) is 0 Å². The van der Waals surface area contributed by atoms with E-state index in [0.717, 1.165) is 59.7 Å². The summed E-state index contributed by atoms with van der Waals surface area (Å²) in [6.45, 7) is 71.8. The van der Waals surface area contributed by atoms with Crippen LogP contribution in [0.15, 0.2) is 0 Å². The van der Waals surface area contributed by atoms with E-state index in [-0.39, 0.29) is 98.1 Å². The van der Waals surface area contributed by atoms with Gasteiger partial charge in [-0.25, -0.2) is 6.42 Å². The van der Waals surface area contributed by atoms with Gasteiger partial charge >= 0.3 is 0 Å². The second-order valence-corrected chi connectivity index (χ2v) is 39.3. The van der Waals surface area contributed by atoms with Crippen molar-refractivity contribution in [3.8, 4) is 0 Å². The standard InChI is InChI=1S/2C9H16.5C8H14.C7H12.8C4H10.3Y/c2*1-2-5-9-7-3-6-8(9)4-1;3*1-3-7-5-2-6-8(7)4-1;1-7-5-3-4-6-8(7)2;1-2-8-6-4-3-5-7-8;1-6-4-3-5-7(6)2;8*1-4(2)3;;;/h2*8-9H,1-7H2;4*7-8H,1-6H2;6,8H,1-5,7H2;6-7H,1-5H2;8*4H,1-3H3;;;/q;;;;;3*-2;;;;;;;;;;;. The molecule has 0 bridgehead atoms. The van der Waals surface area contributed by atoms with E-state index < -0.39 is 0 Å². The quantitative estimate of drug-likeness (QED) is 0.230. The smallest absolute Gasteiger partial charge is 0 e. The third-order valence-corrected chi connectivity index (χ3v) is 21.1. The van der Waals surface area contributed by atoms with Gasteiger partial charge in [-0.3, -0.25) is 0 Å². The molecule has 0 aliphatic heterocycles. The summed E-state index contributed by atoms with van der Waals surface area (Å²) in [5, 5.41) is 0. The second kappa shape index (κ2) is 76.3. The second-order valence-electron chi connectivity index (χ2n) is 39.3. The third kappa shape index (κ3) is 75.4. The average Bonchev–Trinajstić information content (AvgIpc) is 1.75. The van der Waals surface area contributed by atoms with Crippen molar-refractivity contribution in [2.24, 2.45) is 136 Å². The molecular weight excluding hydrogens is 1430 g/mol. The predicted octanol–water partition coefficient (Wildman–Crippen LogP) is 34.1. The molecule has 0 nitrogen and oxygen atoms in total. The van der Waals surface area contributed by atoms with Gasteiger partial charge in [0.2, 0.25) is 0 Å². The van der Waals surface area contributed by atoms with Gasteiger partial charge in [0.1, 0.15) is 0 Å². The van der Waals surface area contributed by atoms with E-state index >= 15 is 0 Å². The zero-order valence-electron chi connectivity index (χ0n) is 74.2. The van der Waals surface area contributed by atoms with Crippen LogP contribution in [0.25, 0.3) is 0 Å². The summed E-state index contributed by atoms with van der Waals surface area (Å²) < 4.78 is 0. The Morgan fingerprint density at radius 1 is 0.200 bits per heavy atom. The number of hydrogen-bond donors (Lipinski definition) is 0. The third-order valence-electron chi connectivity index (χ3n) is 21.1.